The van der Waals surface area contributed by atoms with Gasteiger partial charge in [0.15, 0.2) is 0 Å². The second-order valence-electron chi connectivity index (χ2n) is 5.14. The Balaban J connectivity index is 1.63. The van der Waals surface area contributed by atoms with Gasteiger partial charge in [0, 0.05) is 23.5 Å². The lowest BCUT2D eigenvalue weighted by Gasteiger charge is -2.28. The van der Waals surface area contributed by atoms with Crippen LogP contribution in [0.15, 0.2) is 0 Å². The second-order valence-corrected chi connectivity index (χ2v) is 6.47. The van der Waals surface area contributed by atoms with E-state index in [-0.39, 0.29) is 6.10 Å². The molecule has 0 spiro atoms. The average molecular weight is 244 g/mol. The zero-order chi connectivity index (χ0) is 11.2. The number of hydrogen-bond acceptors (Lipinski definition) is 3. The Hall–Kier alpha value is 0.270. The van der Waals surface area contributed by atoms with Crippen molar-refractivity contribution in [2.45, 2.75) is 56.3 Å². The lowest BCUT2D eigenvalue weighted by molar-refractivity contribution is -0.0000840. The molecule has 0 aromatic heterocycles. The molecule has 0 aromatic carbocycles. The fraction of sp³-hybridized carbons (Fsp3) is 1.00. The molecule has 2 fully saturated rings. The van der Waals surface area contributed by atoms with Crippen LogP contribution in [0.3, 0.4) is 0 Å². The van der Waals surface area contributed by atoms with Gasteiger partial charge in [-0.1, -0.05) is 19.3 Å². The van der Waals surface area contributed by atoms with Crippen molar-refractivity contribution in [2.24, 2.45) is 5.92 Å². The van der Waals surface area contributed by atoms with Gasteiger partial charge in [0.05, 0.1) is 12.7 Å². The Kier molecular flexibility index (Phi) is 5.46. The number of rotatable bonds is 4. The first-order valence-electron chi connectivity index (χ1n) is 6.73. The van der Waals surface area contributed by atoms with E-state index in [1.54, 1.807) is 0 Å². The molecule has 2 atom stereocenters. The highest BCUT2D eigenvalue weighted by molar-refractivity contribution is 7.99. The maximum atomic E-state index is 10.1. The Labute approximate surface area is 103 Å². The van der Waals surface area contributed by atoms with Crippen molar-refractivity contribution in [3.05, 3.63) is 0 Å². The minimum Gasteiger partial charge on any atom is -0.392 e. The third kappa shape index (κ3) is 3.94. The molecule has 2 aliphatic rings. The molecule has 1 aliphatic carbocycles. The largest absolute Gasteiger partial charge is 0.392 e. The molecule has 0 aromatic rings. The zero-order valence-electron chi connectivity index (χ0n) is 10.1. The third-order valence-corrected chi connectivity index (χ3v) is 5.27. The van der Waals surface area contributed by atoms with Gasteiger partial charge in [-0.3, -0.25) is 0 Å². The van der Waals surface area contributed by atoms with E-state index in [4.69, 9.17) is 4.74 Å². The van der Waals surface area contributed by atoms with Gasteiger partial charge >= 0.3 is 0 Å². The second kappa shape index (κ2) is 6.87. The van der Waals surface area contributed by atoms with Crippen LogP contribution >= 0.6 is 11.8 Å². The van der Waals surface area contributed by atoms with E-state index in [1.807, 2.05) is 11.8 Å². The Morgan fingerprint density at radius 2 is 1.94 bits per heavy atom. The molecule has 3 heteroatoms. The summed E-state index contributed by atoms with van der Waals surface area (Å²) in [5.41, 5.74) is 0. The summed E-state index contributed by atoms with van der Waals surface area (Å²) < 4.78 is 5.43. The van der Waals surface area contributed by atoms with E-state index in [0.717, 1.165) is 37.1 Å². The van der Waals surface area contributed by atoms with E-state index < -0.39 is 0 Å². The number of thioether (sulfide) groups is 1. The summed E-state index contributed by atoms with van der Waals surface area (Å²) in [5, 5.41) is 10.9. The fourth-order valence-electron chi connectivity index (χ4n) is 2.67. The lowest BCUT2D eigenvalue weighted by Crippen LogP contribution is -2.31. The molecule has 1 saturated carbocycles. The van der Waals surface area contributed by atoms with Gasteiger partial charge in [0.25, 0.3) is 0 Å². The highest BCUT2D eigenvalue weighted by Crippen LogP contribution is 2.30. The first-order valence-corrected chi connectivity index (χ1v) is 7.78. The highest BCUT2D eigenvalue weighted by Gasteiger charge is 2.23. The topological polar surface area (TPSA) is 29.5 Å². The van der Waals surface area contributed by atoms with Crippen LogP contribution in [0.1, 0.15) is 44.9 Å². The van der Waals surface area contributed by atoms with Crippen molar-refractivity contribution in [2.75, 3.05) is 19.0 Å². The molecule has 1 aliphatic heterocycles. The SMILES string of the molecule is OC(CSC1CCCCC1)C1CCCOC1. The van der Waals surface area contributed by atoms with Crippen molar-refractivity contribution < 1.29 is 9.84 Å². The highest BCUT2D eigenvalue weighted by atomic mass is 32.2. The quantitative estimate of drug-likeness (QED) is 0.824. The van der Waals surface area contributed by atoms with Gasteiger partial charge < -0.3 is 9.84 Å². The van der Waals surface area contributed by atoms with E-state index in [1.165, 1.54) is 32.1 Å². The van der Waals surface area contributed by atoms with E-state index in [0.29, 0.717) is 5.92 Å². The maximum Gasteiger partial charge on any atom is 0.0680 e. The smallest absolute Gasteiger partial charge is 0.0680 e. The standard InChI is InChI=1S/C13H24O2S/c14-13(11-5-4-8-15-9-11)10-16-12-6-2-1-3-7-12/h11-14H,1-10H2. The van der Waals surface area contributed by atoms with Gasteiger partial charge in [0.1, 0.15) is 0 Å². The van der Waals surface area contributed by atoms with Crippen LogP contribution in [0.5, 0.6) is 0 Å². The summed E-state index contributed by atoms with van der Waals surface area (Å²) in [5.74, 6) is 1.31. The number of aliphatic hydroxyl groups is 1. The van der Waals surface area contributed by atoms with Crippen molar-refractivity contribution in [3.63, 3.8) is 0 Å². The van der Waals surface area contributed by atoms with Crippen molar-refractivity contribution in [1.82, 2.24) is 0 Å². The third-order valence-electron chi connectivity index (χ3n) is 3.79. The Morgan fingerprint density at radius 1 is 1.12 bits per heavy atom. The predicted molar refractivity (Wildman–Crippen MR) is 68.9 cm³/mol. The lowest BCUT2D eigenvalue weighted by atomic mass is 9.97. The zero-order valence-corrected chi connectivity index (χ0v) is 10.9. The van der Waals surface area contributed by atoms with Gasteiger partial charge in [-0.15, -0.1) is 0 Å². The number of aliphatic hydroxyl groups excluding tert-OH is 1. The summed E-state index contributed by atoms with van der Waals surface area (Å²) in [7, 11) is 0. The van der Waals surface area contributed by atoms with Crippen molar-refractivity contribution in [1.29, 1.82) is 0 Å². The van der Waals surface area contributed by atoms with Crippen molar-refractivity contribution >= 4 is 11.8 Å². The normalized spacial score (nSPS) is 30.2. The van der Waals surface area contributed by atoms with Gasteiger partial charge in [-0.25, -0.2) is 0 Å². The molecule has 1 heterocycles. The molecule has 94 valence electrons. The first-order chi connectivity index (χ1) is 7.86. The minimum absolute atomic E-state index is 0.146. The molecule has 2 unspecified atom stereocenters. The number of hydrogen-bond donors (Lipinski definition) is 1. The predicted octanol–water partition coefficient (Wildman–Crippen LogP) is 2.84. The minimum atomic E-state index is -0.146. The average Bonchev–Trinajstić information content (AvgIpc) is 2.38. The van der Waals surface area contributed by atoms with Gasteiger partial charge in [-0.05, 0) is 25.7 Å². The number of ether oxygens (including phenoxy) is 1. The van der Waals surface area contributed by atoms with Crippen LogP contribution < -0.4 is 0 Å². The summed E-state index contributed by atoms with van der Waals surface area (Å²) in [6.07, 6.45) is 9.03. The fourth-order valence-corrected chi connectivity index (χ4v) is 4.08. The van der Waals surface area contributed by atoms with Crippen LogP contribution in [-0.4, -0.2) is 35.4 Å². The van der Waals surface area contributed by atoms with Crippen LogP contribution in [0.2, 0.25) is 0 Å². The van der Waals surface area contributed by atoms with E-state index >= 15 is 0 Å². The summed E-state index contributed by atoms with van der Waals surface area (Å²) in [6.45, 7) is 1.66. The molecule has 16 heavy (non-hydrogen) atoms. The monoisotopic (exact) mass is 244 g/mol. The molecule has 0 amide bonds. The van der Waals surface area contributed by atoms with Gasteiger partial charge in [-0.2, -0.15) is 11.8 Å². The van der Waals surface area contributed by atoms with Crippen LogP contribution in [0.4, 0.5) is 0 Å². The molecular formula is C13H24O2S. The molecule has 2 rings (SSSR count). The first kappa shape index (κ1) is 12.7. The van der Waals surface area contributed by atoms with Crippen LogP contribution in [0, 0.1) is 5.92 Å². The molecular weight excluding hydrogens is 220 g/mol. The summed E-state index contributed by atoms with van der Waals surface area (Å²) in [6, 6.07) is 0. The van der Waals surface area contributed by atoms with Crippen LogP contribution in [0.25, 0.3) is 0 Å². The maximum absolute atomic E-state index is 10.1. The molecule has 0 bridgehead atoms. The van der Waals surface area contributed by atoms with Gasteiger partial charge in [0.2, 0.25) is 0 Å². The molecule has 0 radical (unpaired) electrons. The molecule has 1 saturated heterocycles. The Bertz CT molecular complexity index is 186. The van der Waals surface area contributed by atoms with Crippen LogP contribution in [-0.2, 0) is 4.74 Å². The Morgan fingerprint density at radius 3 is 2.62 bits per heavy atom. The van der Waals surface area contributed by atoms with E-state index in [9.17, 15) is 5.11 Å². The van der Waals surface area contributed by atoms with Crippen molar-refractivity contribution in [3.8, 4) is 0 Å². The summed E-state index contributed by atoms with van der Waals surface area (Å²) >= 11 is 1.99. The van der Waals surface area contributed by atoms with E-state index in [2.05, 4.69) is 0 Å². The summed E-state index contributed by atoms with van der Waals surface area (Å²) in [4.78, 5) is 0. The molecule has 1 N–H and O–H groups in total. The molecule has 2 nitrogen and oxygen atoms in total.